The summed E-state index contributed by atoms with van der Waals surface area (Å²) in [6.45, 7) is 14.0. The van der Waals surface area contributed by atoms with Crippen molar-refractivity contribution in [3.8, 4) is 11.1 Å². The monoisotopic (exact) mass is 664 g/mol. The Balaban J connectivity index is 0.000000874. The molecular formula is C42H45BF4N2. The molecule has 5 aromatic rings. The Morgan fingerprint density at radius 1 is 0.571 bits per heavy atom. The van der Waals surface area contributed by atoms with E-state index in [0.717, 1.165) is 0 Å². The first kappa shape index (κ1) is 35.7. The second kappa shape index (κ2) is 15.3. The number of benzene rings is 5. The number of anilines is 1. The molecule has 0 aliphatic carbocycles. The number of nitrogens with zero attached hydrogens (tertiary/aromatic N) is 2. The lowest BCUT2D eigenvalue weighted by molar-refractivity contribution is -0.482. The number of rotatable bonds is 8. The maximum atomic E-state index is 9.75. The van der Waals surface area contributed by atoms with E-state index in [4.69, 9.17) is 0 Å². The molecule has 2 nitrogen and oxygen atoms in total. The van der Waals surface area contributed by atoms with Gasteiger partial charge in [0.15, 0.2) is 12.1 Å². The van der Waals surface area contributed by atoms with E-state index < -0.39 is 7.25 Å². The van der Waals surface area contributed by atoms with Crippen LogP contribution in [0.25, 0.3) is 11.1 Å². The highest BCUT2D eigenvalue weighted by atomic mass is 19.5. The van der Waals surface area contributed by atoms with Crippen LogP contribution in [0.5, 0.6) is 0 Å². The molecule has 0 unspecified atom stereocenters. The average Bonchev–Trinajstić information content (AvgIpc) is 3.48. The predicted octanol–water partition coefficient (Wildman–Crippen LogP) is 12.7. The zero-order valence-corrected chi connectivity index (χ0v) is 29.1. The summed E-state index contributed by atoms with van der Waals surface area (Å²) in [6.07, 6.45) is 2.42. The third-order valence-electron chi connectivity index (χ3n) is 9.06. The molecule has 0 aromatic heterocycles. The van der Waals surface area contributed by atoms with Gasteiger partial charge in [-0.05, 0) is 34.9 Å². The van der Waals surface area contributed by atoms with Crippen molar-refractivity contribution in [2.75, 3.05) is 4.90 Å². The van der Waals surface area contributed by atoms with E-state index in [9.17, 15) is 17.3 Å². The molecule has 0 fully saturated rings. The van der Waals surface area contributed by atoms with Gasteiger partial charge in [-0.15, -0.1) is 0 Å². The number of halogens is 4. The molecule has 0 bridgehead atoms. The van der Waals surface area contributed by atoms with Gasteiger partial charge in [-0.1, -0.05) is 163 Å². The third-order valence-corrected chi connectivity index (χ3v) is 9.06. The molecule has 49 heavy (non-hydrogen) atoms. The predicted molar refractivity (Wildman–Crippen MR) is 198 cm³/mol. The molecule has 2 atom stereocenters. The topological polar surface area (TPSA) is 6.25 Å². The first-order valence-corrected chi connectivity index (χ1v) is 17.1. The Labute approximate surface area is 288 Å². The quantitative estimate of drug-likeness (QED) is 0.0909. The van der Waals surface area contributed by atoms with Crippen LogP contribution >= 0.6 is 0 Å². The molecule has 1 aliphatic rings. The fraction of sp³-hybridized carbons (Fsp3) is 0.262. The molecule has 7 heteroatoms. The Morgan fingerprint density at radius 2 is 1.02 bits per heavy atom. The molecule has 0 saturated carbocycles. The van der Waals surface area contributed by atoms with Crippen LogP contribution in [0.3, 0.4) is 0 Å². The second-order valence-corrected chi connectivity index (χ2v) is 13.5. The van der Waals surface area contributed by atoms with Gasteiger partial charge in [0, 0.05) is 27.8 Å². The summed E-state index contributed by atoms with van der Waals surface area (Å²) in [5, 5.41) is 0. The van der Waals surface area contributed by atoms with Crippen molar-refractivity contribution >= 4 is 25.0 Å². The Bertz CT molecular complexity index is 1820. The highest BCUT2D eigenvalue weighted by molar-refractivity contribution is 6.50. The van der Waals surface area contributed by atoms with Crippen LogP contribution in [-0.2, 0) is 0 Å². The van der Waals surface area contributed by atoms with Gasteiger partial charge in [0.1, 0.15) is 11.4 Å². The minimum absolute atomic E-state index is 0.0632. The minimum Gasteiger partial charge on any atom is -0.418 e. The van der Waals surface area contributed by atoms with Crippen molar-refractivity contribution < 1.29 is 21.8 Å². The second-order valence-electron chi connectivity index (χ2n) is 13.5. The van der Waals surface area contributed by atoms with Gasteiger partial charge >= 0.3 is 7.25 Å². The molecule has 5 aromatic carbocycles. The molecule has 0 radical (unpaired) electrons. The SMILES string of the molecule is CC(C)c1cc(C(C)C)c([N+]2=CN(c3ccccc3-c3ccccc3)[C@@H](c3ccccc3)[C@@H]2c2ccccc2)c(C(C)C)c1.F[B-](F)(F)F. The van der Waals surface area contributed by atoms with Crippen molar-refractivity contribution in [3.05, 3.63) is 155 Å². The molecule has 0 spiro atoms. The van der Waals surface area contributed by atoms with Gasteiger partial charge in [0.25, 0.3) is 0 Å². The molecule has 1 aliphatic heterocycles. The maximum Gasteiger partial charge on any atom is 0.673 e. The summed E-state index contributed by atoms with van der Waals surface area (Å²) in [5.74, 6) is 1.23. The van der Waals surface area contributed by atoms with Crippen LogP contribution in [0.2, 0.25) is 0 Å². The molecule has 0 amide bonds. The highest BCUT2D eigenvalue weighted by Gasteiger charge is 2.47. The smallest absolute Gasteiger partial charge is 0.418 e. The zero-order valence-electron chi connectivity index (χ0n) is 29.1. The van der Waals surface area contributed by atoms with E-state index in [1.807, 2.05) is 0 Å². The summed E-state index contributed by atoms with van der Waals surface area (Å²) in [7, 11) is -6.00. The largest absolute Gasteiger partial charge is 0.673 e. The van der Waals surface area contributed by atoms with Crippen LogP contribution in [0.15, 0.2) is 127 Å². The van der Waals surface area contributed by atoms with Crippen LogP contribution in [0, 0.1) is 0 Å². The van der Waals surface area contributed by atoms with Crippen molar-refractivity contribution in [1.29, 1.82) is 0 Å². The first-order valence-electron chi connectivity index (χ1n) is 17.1. The number of para-hydroxylation sites is 1. The lowest BCUT2D eigenvalue weighted by Gasteiger charge is -2.27. The van der Waals surface area contributed by atoms with Gasteiger partial charge in [-0.3, -0.25) is 0 Å². The van der Waals surface area contributed by atoms with Gasteiger partial charge in [-0.25, -0.2) is 9.48 Å². The fourth-order valence-electron chi connectivity index (χ4n) is 6.75. The molecular weight excluding hydrogens is 619 g/mol. The minimum atomic E-state index is -6.00. The molecule has 0 N–H and O–H groups in total. The van der Waals surface area contributed by atoms with E-state index in [1.54, 1.807) is 0 Å². The Kier molecular flexibility index (Phi) is 11.1. The normalized spacial score (nSPS) is 16.2. The summed E-state index contributed by atoms with van der Waals surface area (Å²) < 4.78 is 41.6. The van der Waals surface area contributed by atoms with Crippen molar-refractivity contribution in [3.63, 3.8) is 0 Å². The van der Waals surface area contributed by atoms with Crippen molar-refractivity contribution in [2.45, 2.75) is 71.4 Å². The van der Waals surface area contributed by atoms with Gasteiger partial charge in [-0.2, -0.15) is 0 Å². The Hall–Kier alpha value is -4.65. The van der Waals surface area contributed by atoms with Crippen molar-refractivity contribution in [1.82, 2.24) is 0 Å². The van der Waals surface area contributed by atoms with E-state index in [2.05, 4.69) is 185 Å². The molecule has 1 heterocycles. The zero-order chi connectivity index (χ0) is 35.3. The lowest BCUT2D eigenvalue weighted by Crippen LogP contribution is -2.26. The first-order chi connectivity index (χ1) is 23.3. The van der Waals surface area contributed by atoms with Gasteiger partial charge in [0.05, 0.1) is 0 Å². The van der Waals surface area contributed by atoms with Crippen LogP contribution in [-0.4, -0.2) is 18.2 Å². The summed E-state index contributed by atoms with van der Waals surface area (Å²) in [6, 6.07) is 46.9. The lowest BCUT2D eigenvalue weighted by atomic mass is 9.85. The summed E-state index contributed by atoms with van der Waals surface area (Å²) >= 11 is 0. The number of hydrogen-bond acceptors (Lipinski definition) is 1. The van der Waals surface area contributed by atoms with Crippen molar-refractivity contribution in [2.24, 2.45) is 0 Å². The highest BCUT2D eigenvalue weighted by Crippen LogP contribution is 2.50. The molecule has 0 saturated heterocycles. The van der Waals surface area contributed by atoms with Gasteiger partial charge in [0.2, 0.25) is 6.34 Å². The Morgan fingerprint density at radius 3 is 1.51 bits per heavy atom. The van der Waals surface area contributed by atoms with E-state index >= 15 is 0 Å². The molecule has 254 valence electrons. The van der Waals surface area contributed by atoms with Crippen LogP contribution < -0.4 is 4.90 Å². The summed E-state index contributed by atoms with van der Waals surface area (Å²) in [4.78, 5) is 2.54. The maximum absolute atomic E-state index is 9.75. The summed E-state index contributed by atoms with van der Waals surface area (Å²) in [5.41, 5.74) is 11.9. The fourth-order valence-corrected chi connectivity index (χ4v) is 6.75. The van der Waals surface area contributed by atoms with E-state index in [0.29, 0.717) is 17.8 Å². The van der Waals surface area contributed by atoms with E-state index in [-0.39, 0.29) is 12.1 Å². The molecule has 6 rings (SSSR count). The van der Waals surface area contributed by atoms with Crippen LogP contribution in [0.4, 0.5) is 28.6 Å². The van der Waals surface area contributed by atoms with E-state index in [1.165, 1.54) is 50.3 Å². The standard InChI is InChI=1S/C42H45N2.BF4/c1-29(2)35-26-37(30(3)4)42(38(27-35)31(5)6)44-28-43(39-25-17-16-24-36(39)32-18-10-7-11-19-32)40(33-20-12-8-13-21-33)41(44)34-22-14-9-15-23-34;2-1(3,4)5/h7-31,40-41H,1-6H3;/q+1;-1/t40-,41-;/m0./s1. The van der Waals surface area contributed by atoms with Crippen LogP contribution in [0.1, 0.15) is 99.2 Å². The number of hydrogen-bond donors (Lipinski definition) is 0. The van der Waals surface area contributed by atoms with Gasteiger partial charge < -0.3 is 17.3 Å². The average molecular weight is 665 g/mol. The third kappa shape index (κ3) is 8.33.